The highest BCUT2D eigenvalue weighted by molar-refractivity contribution is 6.01. The number of amides is 2. The van der Waals surface area contributed by atoms with Gasteiger partial charge in [0.2, 0.25) is 5.91 Å². The lowest BCUT2D eigenvalue weighted by atomic mass is 9.75. The van der Waals surface area contributed by atoms with E-state index in [-0.39, 0.29) is 29.7 Å². The van der Waals surface area contributed by atoms with Crippen molar-refractivity contribution in [2.75, 3.05) is 11.9 Å². The molecule has 1 spiro atoms. The van der Waals surface area contributed by atoms with Crippen molar-refractivity contribution in [3.05, 3.63) is 82.9 Å². The van der Waals surface area contributed by atoms with Gasteiger partial charge in [-0.05, 0) is 76.4 Å². The van der Waals surface area contributed by atoms with E-state index in [9.17, 15) is 14.0 Å². The summed E-state index contributed by atoms with van der Waals surface area (Å²) in [7, 11) is 0. The number of carbonyl (C=O) groups excluding carboxylic acids is 2. The van der Waals surface area contributed by atoms with Gasteiger partial charge in [0.05, 0.1) is 12.3 Å². The molecule has 2 aromatic heterocycles. The predicted molar refractivity (Wildman–Crippen MR) is 152 cm³/mol. The molecule has 42 heavy (non-hydrogen) atoms. The molecule has 0 bridgehead atoms. The molecule has 2 atom stereocenters. The molecule has 2 aromatic carbocycles. The van der Waals surface area contributed by atoms with Crippen LogP contribution in [0.1, 0.15) is 66.1 Å². The fraction of sp³-hybridized carbons (Fsp3) is 0.355. The Hall–Kier alpha value is -4.54. The zero-order chi connectivity index (χ0) is 29.8. The van der Waals surface area contributed by atoms with Crippen LogP contribution < -0.4 is 15.4 Å². The first-order chi connectivity index (χ1) is 20.1. The van der Waals surface area contributed by atoms with E-state index in [2.05, 4.69) is 25.9 Å². The van der Waals surface area contributed by atoms with E-state index < -0.39 is 40.8 Å². The van der Waals surface area contributed by atoms with Gasteiger partial charge < -0.3 is 15.4 Å². The second kappa shape index (κ2) is 10.4. The molecule has 4 aromatic rings. The Kier molecular flexibility index (Phi) is 6.83. The van der Waals surface area contributed by atoms with Crippen LogP contribution in [0.2, 0.25) is 0 Å². The van der Waals surface area contributed by atoms with E-state index in [1.807, 2.05) is 39.8 Å². The van der Waals surface area contributed by atoms with E-state index in [0.717, 1.165) is 34.6 Å². The van der Waals surface area contributed by atoms with Crippen molar-refractivity contribution in [1.29, 1.82) is 0 Å². The van der Waals surface area contributed by atoms with Crippen molar-refractivity contribution in [1.82, 2.24) is 25.3 Å². The molecule has 2 amide bonds. The van der Waals surface area contributed by atoms with Crippen LogP contribution in [0, 0.1) is 30.9 Å². The zero-order valence-corrected chi connectivity index (χ0v) is 23.8. The second-order valence-electron chi connectivity index (χ2n) is 11.5. The molecule has 3 heterocycles. The summed E-state index contributed by atoms with van der Waals surface area (Å²) >= 11 is 0. The number of aryl methyl sites for hydroxylation is 2. The van der Waals surface area contributed by atoms with Crippen LogP contribution in [0.5, 0.6) is 5.75 Å². The Labute approximate surface area is 241 Å². The number of hydrogen-bond acceptors (Lipinski definition) is 5. The van der Waals surface area contributed by atoms with E-state index in [4.69, 9.17) is 4.74 Å². The number of halogens is 2. The molecule has 6 rings (SSSR count). The Morgan fingerprint density at radius 2 is 1.79 bits per heavy atom. The number of nitrogens with one attached hydrogen (secondary N) is 3. The minimum absolute atomic E-state index is 0.0298. The molecule has 9 nitrogen and oxygen atoms in total. The molecule has 1 saturated carbocycles. The summed E-state index contributed by atoms with van der Waals surface area (Å²) in [6, 6.07) is 9.53. The Morgan fingerprint density at radius 1 is 1.07 bits per heavy atom. The van der Waals surface area contributed by atoms with Crippen LogP contribution in [-0.4, -0.2) is 44.4 Å². The van der Waals surface area contributed by atoms with E-state index in [1.54, 1.807) is 22.9 Å². The lowest BCUT2D eigenvalue weighted by molar-refractivity contribution is -0.119. The number of aromatic nitrogens is 4. The number of benzene rings is 2. The highest BCUT2D eigenvalue weighted by atomic mass is 19.1. The van der Waals surface area contributed by atoms with Crippen LogP contribution in [0.25, 0.3) is 11.1 Å². The number of nitrogens with zero attached hydrogens (tertiary/aromatic N) is 3. The topological polar surface area (TPSA) is 114 Å². The maximum atomic E-state index is 15.4. The zero-order valence-electron chi connectivity index (χ0n) is 23.8. The summed E-state index contributed by atoms with van der Waals surface area (Å²) in [6.45, 7) is 7.73. The van der Waals surface area contributed by atoms with Crippen LogP contribution in [0.3, 0.4) is 0 Å². The highest BCUT2D eigenvalue weighted by Gasteiger charge is 2.59. The monoisotopic (exact) mass is 574 g/mol. The molecule has 1 aliphatic carbocycles. The van der Waals surface area contributed by atoms with Crippen LogP contribution >= 0.6 is 0 Å². The Balaban J connectivity index is 1.37. The van der Waals surface area contributed by atoms with Crippen molar-refractivity contribution >= 4 is 17.5 Å². The van der Waals surface area contributed by atoms with Crippen molar-refractivity contribution in [3.63, 3.8) is 0 Å². The van der Waals surface area contributed by atoms with E-state index >= 15 is 4.39 Å². The van der Waals surface area contributed by atoms with Crippen molar-refractivity contribution < 1.29 is 23.1 Å². The van der Waals surface area contributed by atoms with E-state index in [0.29, 0.717) is 18.5 Å². The van der Waals surface area contributed by atoms with Crippen LogP contribution in [0.15, 0.2) is 48.7 Å². The van der Waals surface area contributed by atoms with Gasteiger partial charge in [0, 0.05) is 46.1 Å². The molecule has 11 heteroatoms. The number of ether oxygens (including phenoxy) is 1. The Morgan fingerprint density at radius 3 is 2.43 bits per heavy atom. The third kappa shape index (κ3) is 4.72. The van der Waals surface area contributed by atoms with Crippen molar-refractivity contribution in [2.45, 2.75) is 58.5 Å². The SMILES string of the molecule is Cc1n[nH]c(C)c1-c1ccc(NC(=O)[C@@H](NC(=O)c2ccnn2C(C)C)C2c3c(F)ccc(F)c3OCC23CC3)cc1. The fourth-order valence-electron chi connectivity index (χ4n) is 6.07. The first-order valence-corrected chi connectivity index (χ1v) is 14.0. The predicted octanol–water partition coefficient (Wildman–Crippen LogP) is 5.44. The minimum atomic E-state index is -1.23. The number of hydrogen-bond donors (Lipinski definition) is 3. The van der Waals surface area contributed by atoms with Crippen LogP contribution in [0.4, 0.5) is 14.5 Å². The summed E-state index contributed by atoms with van der Waals surface area (Å²) in [5.74, 6) is -3.55. The average Bonchev–Trinajstić information content (AvgIpc) is 3.38. The standard InChI is InChI=1S/C31H32F2N6O3/c1-16(2)39-23(11-14-34-39)29(40)36-27(26-25-21(32)9-10-22(33)28(25)42-15-31(26)12-13-31)30(41)35-20-7-5-19(6-8-20)24-17(3)37-38-18(24)4/h5-11,14,16,26-27H,12-13,15H2,1-4H3,(H,35,41)(H,36,40)(H,37,38)/t26?,27-/m0/s1. The van der Waals surface area contributed by atoms with E-state index in [1.165, 1.54) is 6.20 Å². The largest absolute Gasteiger partial charge is 0.489 e. The maximum absolute atomic E-state index is 15.4. The van der Waals surface area contributed by atoms with Gasteiger partial charge in [0.1, 0.15) is 17.6 Å². The van der Waals surface area contributed by atoms with Crippen LogP contribution in [-0.2, 0) is 4.79 Å². The molecule has 1 unspecified atom stereocenters. The molecule has 218 valence electrons. The van der Waals surface area contributed by atoms with Gasteiger partial charge in [0.25, 0.3) is 5.91 Å². The maximum Gasteiger partial charge on any atom is 0.270 e. The second-order valence-corrected chi connectivity index (χ2v) is 11.5. The lowest BCUT2D eigenvalue weighted by Gasteiger charge is -2.38. The summed E-state index contributed by atoms with van der Waals surface area (Å²) in [4.78, 5) is 27.7. The quantitative estimate of drug-likeness (QED) is 0.272. The number of carbonyl (C=O) groups is 2. The number of aromatic amines is 1. The summed E-state index contributed by atoms with van der Waals surface area (Å²) < 4.78 is 37.5. The smallest absolute Gasteiger partial charge is 0.270 e. The lowest BCUT2D eigenvalue weighted by Crippen LogP contribution is -2.52. The first-order valence-electron chi connectivity index (χ1n) is 14.0. The third-order valence-electron chi connectivity index (χ3n) is 8.33. The Bertz CT molecular complexity index is 1650. The minimum Gasteiger partial charge on any atom is -0.489 e. The molecular formula is C31H32F2N6O3. The van der Waals surface area contributed by atoms with Gasteiger partial charge in [0.15, 0.2) is 11.6 Å². The third-order valence-corrected chi connectivity index (χ3v) is 8.33. The summed E-state index contributed by atoms with van der Waals surface area (Å²) in [6.07, 6.45) is 2.81. The van der Waals surface area contributed by atoms with Gasteiger partial charge in [-0.3, -0.25) is 19.4 Å². The number of fused-ring (bicyclic) bond motifs is 1. The van der Waals surface area contributed by atoms with Crippen molar-refractivity contribution in [3.8, 4) is 16.9 Å². The highest BCUT2D eigenvalue weighted by Crippen LogP contribution is 2.62. The first kappa shape index (κ1) is 27.6. The van der Waals surface area contributed by atoms with Gasteiger partial charge >= 0.3 is 0 Å². The van der Waals surface area contributed by atoms with Gasteiger partial charge in [-0.25, -0.2) is 8.78 Å². The summed E-state index contributed by atoms with van der Waals surface area (Å²) in [5.41, 5.74) is 3.79. The average molecular weight is 575 g/mol. The number of H-pyrrole nitrogens is 1. The number of anilines is 1. The van der Waals surface area contributed by atoms with Gasteiger partial charge in [-0.15, -0.1) is 0 Å². The molecule has 1 aliphatic heterocycles. The van der Waals surface area contributed by atoms with Crippen molar-refractivity contribution in [2.24, 2.45) is 5.41 Å². The molecule has 1 fully saturated rings. The molecule has 0 saturated heterocycles. The molecular weight excluding hydrogens is 542 g/mol. The number of rotatable bonds is 7. The van der Waals surface area contributed by atoms with Gasteiger partial charge in [-0.2, -0.15) is 10.2 Å². The van der Waals surface area contributed by atoms with Gasteiger partial charge in [-0.1, -0.05) is 12.1 Å². The fourth-order valence-corrected chi connectivity index (χ4v) is 6.07. The molecule has 2 aliphatic rings. The molecule has 3 N–H and O–H groups in total. The molecule has 0 radical (unpaired) electrons. The normalized spacial score (nSPS) is 17.5. The summed E-state index contributed by atoms with van der Waals surface area (Å²) in [5, 5.41) is 17.2.